The lowest BCUT2D eigenvalue weighted by atomic mass is 9.87. The number of hydrogen-bond donors (Lipinski definition) is 1. The maximum Gasteiger partial charge on any atom is 0.250 e. The van der Waals surface area contributed by atoms with E-state index in [1.54, 1.807) is 6.21 Å². The predicted molar refractivity (Wildman–Crippen MR) is 161 cm³/mol. The van der Waals surface area contributed by atoms with E-state index in [1.807, 2.05) is 53.1 Å². The highest BCUT2D eigenvalue weighted by Crippen LogP contribution is 2.30. The standard InChI is InChI=1S/C30H30BrN5OS/c1-21-10-16-26(17-11-21)36-28(23-12-14-24(15-13-23)30(2,3)4)34-35-29(36)38-20-27(37)33-32-19-25(31)18-22-8-6-5-7-9-22/h5-19H,20H2,1-4H3,(H,33,37). The SMILES string of the molecule is Cc1ccc(-n2c(SCC(=O)NN=CC(Br)=Cc3ccccc3)nnc2-c2ccc(C(C)(C)C)cc2)cc1. The van der Waals surface area contributed by atoms with Gasteiger partial charge in [0, 0.05) is 15.7 Å². The lowest BCUT2D eigenvalue weighted by Gasteiger charge is -2.19. The molecule has 6 nitrogen and oxygen atoms in total. The second-order valence-corrected chi connectivity index (χ2v) is 11.7. The molecule has 1 N–H and O–H groups in total. The van der Waals surface area contributed by atoms with Crippen LogP contribution >= 0.6 is 27.7 Å². The van der Waals surface area contributed by atoms with Gasteiger partial charge < -0.3 is 0 Å². The summed E-state index contributed by atoms with van der Waals surface area (Å²) >= 11 is 4.77. The lowest BCUT2D eigenvalue weighted by molar-refractivity contribution is -0.118. The van der Waals surface area contributed by atoms with Crippen LogP contribution in [0.2, 0.25) is 0 Å². The molecule has 0 saturated carbocycles. The Morgan fingerprint density at radius 1 is 1.00 bits per heavy atom. The van der Waals surface area contributed by atoms with E-state index in [4.69, 9.17) is 0 Å². The van der Waals surface area contributed by atoms with Crippen molar-refractivity contribution < 1.29 is 4.79 Å². The van der Waals surface area contributed by atoms with Crippen molar-refractivity contribution in [3.05, 3.63) is 100 Å². The number of thioether (sulfide) groups is 1. The van der Waals surface area contributed by atoms with Crippen molar-refractivity contribution in [2.24, 2.45) is 5.10 Å². The van der Waals surface area contributed by atoms with Crippen molar-refractivity contribution in [1.29, 1.82) is 0 Å². The van der Waals surface area contributed by atoms with Crippen LogP contribution in [0.3, 0.4) is 0 Å². The molecule has 194 valence electrons. The molecule has 0 aliphatic carbocycles. The zero-order valence-corrected chi connectivity index (χ0v) is 24.3. The van der Waals surface area contributed by atoms with Crippen molar-refractivity contribution in [1.82, 2.24) is 20.2 Å². The van der Waals surface area contributed by atoms with Gasteiger partial charge in [0.25, 0.3) is 5.91 Å². The van der Waals surface area contributed by atoms with Crippen molar-refractivity contribution in [2.75, 3.05) is 5.75 Å². The van der Waals surface area contributed by atoms with E-state index in [1.165, 1.54) is 17.3 Å². The molecule has 8 heteroatoms. The Kier molecular flexibility index (Phi) is 8.97. The van der Waals surface area contributed by atoms with Crippen LogP contribution in [0.4, 0.5) is 0 Å². The fourth-order valence-corrected chi connectivity index (χ4v) is 4.78. The first-order chi connectivity index (χ1) is 18.2. The van der Waals surface area contributed by atoms with Gasteiger partial charge in [-0.25, -0.2) is 5.43 Å². The van der Waals surface area contributed by atoms with Crippen LogP contribution < -0.4 is 5.43 Å². The number of benzene rings is 3. The molecule has 0 saturated heterocycles. The molecule has 4 rings (SSSR count). The molecule has 0 radical (unpaired) electrons. The molecule has 0 aliphatic rings. The van der Waals surface area contributed by atoms with E-state index in [9.17, 15) is 4.79 Å². The molecule has 0 unspecified atom stereocenters. The fourth-order valence-electron chi connectivity index (χ4n) is 3.67. The minimum atomic E-state index is -0.235. The van der Waals surface area contributed by atoms with Gasteiger partial charge in [-0.05, 0) is 57.6 Å². The van der Waals surface area contributed by atoms with Gasteiger partial charge in [0.15, 0.2) is 11.0 Å². The fraction of sp³-hybridized carbons (Fsp3) is 0.200. The van der Waals surface area contributed by atoms with Crippen molar-refractivity contribution in [3.8, 4) is 17.1 Å². The van der Waals surface area contributed by atoms with Crippen molar-refractivity contribution in [3.63, 3.8) is 0 Å². The number of hydrazone groups is 1. The second kappa shape index (κ2) is 12.4. The summed E-state index contributed by atoms with van der Waals surface area (Å²) in [6.45, 7) is 8.63. The molecule has 3 aromatic carbocycles. The third-order valence-electron chi connectivity index (χ3n) is 5.75. The van der Waals surface area contributed by atoms with E-state index in [2.05, 4.69) is 101 Å². The molecule has 1 amide bonds. The summed E-state index contributed by atoms with van der Waals surface area (Å²) < 4.78 is 2.74. The van der Waals surface area contributed by atoms with Gasteiger partial charge in [-0.2, -0.15) is 5.10 Å². The summed E-state index contributed by atoms with van der Waals surface area (Å²) in [5.41, 5.74) is 7.98. The molecular weight excluding hydrogens is 558 g/mol. The number of allylic oxidation sites excluding steroid dienone is 1. The summed E-state index contributed by atoms with van der Waals surface area (Å²) in [5.74, 6) is 0.635. The first kappa shape index (κ1) is 27.5. The van der Waals surface area contributed by atoms with E-state index >= 15 is 0 Å². The summed E-state index contributed by atoms with van der Waals surface area (Å²) in [6, 6.07) is 26.5. The van der Waals surface area contributed by atoms with Crippen LogP contribution in [0.5, 0.6) is 0 Å². The number of nitrogens with one attached hydrogen (secondary N) is 1. The number of rotatable bonds is 8. The molecule has 1 heterocycles. The Hall–Kier alpha value is -3.49. The number of amides is 1. The summed E-state index contributed by atoms with van der Waals surface area (Å²) in [5, 5.41) is 13.6. The number of nitrogens with zero attached hydrogens (tertiary/aromatic N) is 4. The van der Waals surface area contributed by atoms with Gasteiger partial charge in [0.05, 0.1) is 12.0 Å². The molecular formula is C30H30BrN5OS. The van der Waals surface area contributed by atoms with Gasteiger partial charge >= 0.3 is 0 Å². The number of aromatic nitrogens is 3. The van der Waals surface area contributed by atoms with Gasteiger partial charge in [-0.15, -0.1) is 10.2 Å². The smallest absolute Gasteiger partial charge is 0.250 e. The van der Waals surface area contributed by atoms with Crippen LogP contribution in [-0.4, -0.2) is 32.6 Å². The molecule has 0 fully saturated rings. The molecule has 0 bridgehead atoms. The minimum absolute atomic E-state index is 0.0624. The molecule has 1 aromatic heterocycles. The quantitative estimate of drug-likeness (QED) is 0.135. The lowest BCUT2D eigenvalue weighted by Crippen LogP contribution is -2.19. The predicted octanol–water partition coefficient (Wildman–Crippen LogP) is 7.17. The Morgan fingerprint density at radius 3 is 2.34 bits per heavy atom. The Bertz CT molecular complexity index is 1440. The summed E-state index contributed by atoms with van der Waals surface area (Å²) in [6.07, 6.45) is 3.48. The first-order valence-electron chi connectivity index (χ1n) is 12.2. The van der Waals surface area contributed by atoms with Gasteiger partial charge in [-0.1, -0.05) is 105 Å². The van der Waals surface area contributed by atoms with Crippen LogP contribution in [0.1, 0.15) is 37.5 Å². The Labute approximate surface area is 236 Å². The molecule has 38 heavy (non-hydrogen) atoms. The number of carbonyl (C=O) groups excluding carboxylic acids is 1. The van der Waals surface area contributed by atoms with Crippen LogP contribution in [0.15, 0.2) is 93.6 Å². The van der Waals surface area contributed by atoms with Crippen LogP contribution in [-0.2, 0) is 10.2 Å². The number of carbonyl (C=O) groups is 1. The Balaban J connectivity index is 1.50. The number of halogens is 1. The molecule has 0 spiro atoms. The van der Waals surface area contributed by atoms with E-state index in [0.717, 1.165) is 32.7 Å². The van der Waals surface area contributed by atoms with E-state index < -0.39 is 0 Å². The monoisotopic (exact) mass is 587 g/mol. The van der Waals surface area contributed by atoms with Crippen molar-refractivity contribution in [2.45, 2.75) is 38.3 Å². The molecule has 0 aliphatic heterocycles. The van der Waals surface area contributed by atoms with Crippen LogP contribution in [0, 0.1) is 6.92 Å². The van der Waals surface area contributed by atoms with Crippen molar-refractivity contribution >= 4 is 45.9 Å². The average Bonchev–Trinajstić information content (AvgIpc) is 3.32. The highest BCUT2D eigenvalue weighted by atomic mass is 79.9. The van der Waals surface area contributed by atoms with Gasteiger partial charge in [-0.3, -0.25) is 9.36 Å². The zero-order valence-electron chi connectivity index (χ0n) is 21.9. The second-order valence-electron chi connectivity index (χ2n) is 9.83. The topological polar surface area (TPSA) is 72.2 Å². The molecule has 0 atom stereocenters. The normalized spacial score (nSPS) is 12.2. The maximum absolute atomic E-state index is 12.5. The summed E-state index contributed by atoms with van der Waals surface area (Å²) in [4.78, 5) is 12.5. The highest BCUT2D eigenvalue weighted by Gasteiger charge is 2.19. The third-order valence-corrected chi connectivity index (χ3v) is 7.11. The third kappa shape index (κ3) is 7.30. The number of aryl methyl sites for hydroxylation is 1. The zero-order chi connectivity index (χ0) is 27.1. The average molecular weight is 589 g/mol. The number of hydrogen-bond acceptors (Lipinski definition) is 5. The molecule has 4 aromatic rings. The van der Waals surface area contributed by atoms with E-state index in [-0.39, 0.29) is 17.1 Å². The highest BCUT2D eigenvalue weighted by molar-refractivity contribution is 9.12. The van der Waals surface area contributed by atoms with Gasteiger partial charge in [0.1, 0.15) is 0 Å². The summed E-state index contributed by atoms with van der Waals surface area (Å²) in [7, 11) is 0. The largest absolute Gasteiger partial charge is 0.272 e. The van der Waals surface area contributed by atoms with Crippen LogP contribution in [0.25, 0.3) is 23.2 Å². The van der Waals surface area contributed by atoms with E-state index in [0.29, 0.717) is 5.16 Å². The Morgan fingerprint density at radius 2 is 1.68 bits per heavy atom. The first-order valence-corrected chi connectivity index (χ1v) is 14.0. The minimum Gasteiger partial charge on any atom is -0.272 e. The van der Waals surface area contributed by atoms with Gasteiger partial charge in [0.2, 0.25) is 0 Å². The maximum atomic E-state index is 12.5.